The van der Waals surface area contributed by atoms with E-state index in [1.54, 1.807) is 25.1 Å². The van der Waals surface area contributed by atoms with E-state index in [4.69, 9.17) is 5.11 Å². The van der Waals surface area contributed by atoms with Gasteiger partial charge in [0.15, 0.2) is 0 Å². The van der Waals surface area contributed by atoms with Crippen molar-refractivity contribution in [2.45, 2.75) is 32.5 Å². The molecule has 1 N–H and O–H groups in total. The highest BCUT2D eigenvalue weighted by Crippen LogP contribution is 2.29. The number of amides is 2. The molecule has 0 aliphatic carbocycles. The number of carboxylic acids is 1. The number of nitrogens with zero attached hydrogens (tertiary/aromatic N) is 2. The van der Waals surface area contributed by atoms with E-state index in [1.165, 1.54) is 4.90 Å². The first-order chi connectivity index (χ1) is 10.0. The number of rotatable bonds is 3. The first-order valence-electron chi connectivity index (χ1n) is 6.94. The zero-order valence-electron chi connectivity index (χ0n) is 11.7. The van der Waals surface area contributed by atoms with E-state index < -0.39 is 12.0 Å². The second kappa shape index (κ2) is 4.96. The number of likely N-dealkylation sites (N-methyl/N-ethyl adjacent to an activating group) is 1. The Kier molecular flexibility index (Phi) is 3.25. The Labute approximate surface area is 122 Å². The number of carboxylic acid groups (broad SMARTS) is 1. The molecule has 3 rings (SSSR count). The highest BCUT2D eigenvalue weighted by molar-refractivity contribution is 6.05. The van der Waals surface area contributed by atoms with Gasteiger partial charge in [-0.2, -0.15) is 0 Å². The number of imide groups is 1. The summed E-state index contributed by atoms with van der Waals surface area (Å²) in [6.07, 6.45) is 0.215. The van der Waals surface area contributed by atoms with E-state index in [9.17, 15) is 14.4 Å². The van der Waals surface area contributed by atoms with Gasteiger partial charge in [-0.05, 0) is 30.2 Å². The van der Waals surface area contributed by atoms with E-state index in [1.807, 2.05) is 4.90 Å². The van der Waals surface area contributed by atoms with Gasteiger partial charge in [-0.25, -0.2) is 4.79 Å². The van der Waals surface area contributed by atoms with Gasteiger partial charge in [0.2, 0.25) is 11.8 Å². The first-order valence-corrected chi connectivity index (χ1v) is 6.94. The normalized spacial score (nSPS) is 22.0. The fourth-order valence-corrected chi connectivity index (χ4v) is 3.06. The molecule has 6 nitrogen and oxygen atoms in total. The predicted molar refractivity (Wildman–Crippen MR) is 73.4 cm³/mol. The van der Waals surface area contributed by atoms with Crippen LogP contribution in [0.25, 0.3) is 0 Å². The van der Waals surface area contributed by atoms with E-state index in [-0.39, 0.29) is 23.8 Å². The van der Waals surface area contributed by atoms with Gasteiger partial charge in [-0.15, -0.1) is 0 Å². The lowest BCUT2D eigenvalue weighted by molar-refractivity contribution is -0.139. The summed E-state index contributed by atoms with van der Waals surface area (Å²) in [5, 5.41) is 9.02. The summed E-state index contributed by atoms with van der Waals surface area (Å²) in [5.41, 5.74) is 2.19. The molecule has 21 heavy (non-hydrogen) atoms. The topological polar surface area (TPSA) is 77.9 Å². The molecular formula is C15H16N2O4. The fraction of sp³-hybridized carbons (Fsp3) is 0.400. The summed E-state index contributed by atoms with van der Waals surface area (Å²) in [5.74, 6) is -1.23. The van der Waals surface area contributed by atoms with Crippen LogP contribution in [0.4, 0.5) is 0 Å². The predicted octanol–water partition coefficient (Wildman–Crippen LogP) is 0.848. The molecule has 1 aromatic rings. The van der Waals surface area contributed by atoms with E-state index >= 15 is 0 Å². The van der Waals surface area contributed by atoms with Crippen LogP contribution in [0.15, 0.2) is 18.2 Å². The Morgan fingerprint density at radius 3 is 2.62 bits per heavy atom. The Bertz CT molecular complexity index is 641. The summed E-state index contributed by atoms with van der Waals surface area (Å²) in [7, 11) is 0. The number of fused-ring (bicyclic) bond motifs is 1. The molecule has 1 atom stereocenters. The van der Waals surface area contributed by atoms with Gasteiger partial charge in [-0.3, -0.25) is 19.4 Å². The van der Waals surface area contributed by atoms with Crippen LogP contribution >= 0.6 is 0 Å². The molecule has 0 aromatic heterocycles. The van der Waals surface area contributed by atoms with Crippen molar-refractivity contribution in [2.75, 3.05) is 6.54 Å². The third kappa shape index (κ3) is 2.21. The molecule has 1 aromatic carbocycles. The summed E-state index contributed by atoms with van der Waals surface area (Å²) in [6, 6.07) is 4.59. The molecule has 0 saturated carbocycles. The average Bonchev–Trinajstić information content (AvgIpc) is 2.98. The van der Waals surface area contributed by atoms with Crippen molar-refractivity contribution in [1.29, 1.82) is 0 Å². The summed E-state index contributed by atoms with van der Waals surface area (Å²) in [6.45, 7) is 3.28. The van der Waals surface area contributed by atoms with Gasteiger partial charge in [0.1, 0.15) is 0 Å². The lowest BCUT2D eigenvalue weighted by Gasteiger charge is -2.21. The van der Waals surface area contributed by atoms with Crippen molar-refractivity contribution in [3.8, 4) is 0 Å². The van der Waals surface area contributed by atoms with Gasteiger partial charge in [-0.1, -0.05) is 6.07 Å². The molecule has 2 heterocycles. The lowest BCUT2D eigenvalue weighted by atomic mass is 10.1. The quantitative estimate of drug-likeness (QED) is 0.834. The van der Waals surface area contributed by atoms with Crippen molar-refractivity contribution < 1.29 is 19.5 Å². The molecule has 1 unspecified atom stereocenters. The molecule has 0 bridgehead atoms. The molecule has 2 amide bonds. The molecule has 1 fully saturated rings. The summed E-state index contributed by atoms with van der Waals surface area (Å²) in [4.78, 5) is 38.3. The molecule has 2 aliphatic heterocycles. The van der Waals surface area contributed by atoms with E-state index in [0.29, 0.717) is 19.6 Å². The highest BCUT2D eigenvalue weighted by atomic mass is 16.4. The lowest BCUT2D eigenvalue weighted by Crippen LogP contribution is -2.39. The summed E-state index contributed by atoms with van der Waals surface area (Å²) >= 11 is 0. The molecule has 110 valence electrons. The molecule has 2 aliphatic rings. The number of aromatic carboxylic acids is 1. The van der Waals surface area contributed by atoms with Crippen LogP contribution in [-0.4, -0.2) is 45.3 Å². The smallest absolute Gasteiger partial charge is 0.335 e. The van der Waals surface area contributed by atoms with Gasteiger partial charge >= 0.3 is 5.97 Å². The van der Waals surface area contributed by atoms with Gasteiger partial charge in [0, 0.05) is 19.6 Å². The second-order valence-corrected chi connectivity index (χ2v) is 5.39. The van der Waals surface area contributed by atoms with Crippen molar-refractivity contribution in [1.82, 2.24) is 9.80 Å². The Hall–Kier alpha value is -2.21. The standard InChI is InChI=1S/C15H16N2O4/c1-2-17-13(18)6-12(14(17)19)16-7-10-4-3-9(15(20)21)5-11(10)8-16/h3-5,12H,2,6-8H2,1H3,(H,20,21). The second-order valence-electron chi connectivity index (χ2n) is 5.39. The van der Waals surface area contributed by atoms with Crippen LogP contribution in [0.1, 0.15) is 34.8 Å². The molecule has 0 spiro atoms. The minimum absolute atomic E-state index is 0.130. The van der Waals surface area contributed by atoms with Crippen molar-refractivity contribution >= 4 is 17.8 Å². The zero-order chi connectivity index (χ0) is 15.1. The van der Waals surface area contributed by atoms with Crippen LogP contribution in [0.5, 0.6) is 0 Å². The largest absolute Gasteiger partial charge is 0.478 e. The zero-order valence-corrected chi connectivity index (χ0v) is 11.7. The van der Waals surface area contributed by atoms with Gasteiger partial charge in [0.05, 0.1) is 18.0 Å². The monoisotopic (exact) mass is 288 g/mol. The fourth-order valence-electron chi connectivity index (χ4n) is 3.06. The summed E-state index contributed by atoms with van der Waals surface area (Å²) < 4.78 is 0. The third-order valence-electron chi connectivity index (χ3n) is 4.18. The Balaban J connectivity index is 1.81. The first kappa shape index (κ1) is 13.8. The van der Waals surface area contributed by atoms with Gasteiger partial charge in [0.25, 0.3) is 0 Å². The number of carbonyl (C=O) groups is 3. The van der Waals surface area contributed by atoms with Gasteiger partial charge < -0.3 is 5.11 Å². The van der Waals surface area contributed by atoms with Crippen LogP contribution in [-0.2, 0) is 22.7 Å². The van der Waals surface area contributed by atoms with Crippen LogP contribution in [0.2, 0.25) is 0 Å². The number of likely N-dealkylation sites (tertiary alicyclic amines) is 1. The Morgan fingerprint density at radius 1 is 1.29 bits per heavy atom. The maximum Gasteiger partial charge on any atom is 0.335 e. The maximum absolute atomic E-state index is 12.2. The van der Waals surface area contributed by atoms with Crippen LogP contribution in [0, 0.1) is 0 Å². The molecule has 6 heteroatoms. The van der Waals surface area contributed by atoms with Crippen molar-refractivity contribution in [2.24, 2.45) is 0 Å². The highest BCUT2D eigenvalue weighted by Gasteiger charge is 2.42. The number of benzene rings is 1. The SMILES string of the molecule is CCN1C(=O)CC(N2Cc3ccc(C(=O)O)cc3C2)C1=O. The minimum Gasteiger partial charge on any atom is -0.478 e. The molecular weight excluding hydrogens is 272 g/mol. The van der Waals surface area contributed by atoms with Crippen LogP contribution in [0.3, 0.4) is 0 Å². The van der Waals surface area contributed by atoms with E-state index in [2.05, 4.69) is 0 Å². The Morgan fingerprint density at radius 2 is 2.00 bits per heavy atom. The van der Waals surface area contributed by atoms with Crippen LogP contribution < -0.4 is 0 Å². The number of carbonyl (C=O) groups excluding carboxylic acids is 2. The third-order valence-corrected chi connectivity index (χ3v) is 4.18. The molecule has 0 radical (unpaired) electrons. The average molecular weight is 288 g/mol. The number of hydrogen-bond acceptors (Lipinski definition) is 4. The van der Waals surface area contributed by atoms with Crippen molar-refractivity contribution in [3.05, 3.63) is 34.9 Å². The van der Waals surface area contributed by atoms with Crippen molar-refractivity contribution in [3.63, 3.8) is 0 Å². The minimum atomic E-state index is -0.958. The molecule has 1 saturated heterocycles. The maximum atomic E-state index is 12.2. The van der Waals surface area contributed by atoms with E-state index in [0.717, 1.165) is 11.1 Å². The number of hydrogen-bond donors (Lipinski definition) is 1.